The summed E-state index contributed by atoms with van der Waals surface area (Å²) in [5, 5.41) is 20.7. The summed E-state index contributed by atoms with van der Waals surface area (Å²) >= 11 is 3.28. The van der Waals surface area contributed by atoms with E-state index in [4.69, 9.17) is 0 Å². The molecule has 3 aliphatic rings. The lowest BCUT2D eigenvalue weighted by Crippen LogP contribution is -2.57. The van der Waals surface area contributed by atoms with Gasteiger partial charge in [-0.2, -0.15) is 5.10 Å². The van der Waals surface area contributed by atoms with Crippen molar-refractivity contribution in [3.8, 4) is 5.75 Å². The number of rotatable bonds is 2. The predicted octanol–water partition coefficient (Wildman–Crippen LogP) is 1.85. The van der Waals surface area contributed by atoms with Crippen LogP contribution in [0.2, 0.25) is 0 Å². The van der Waals surface area contributed by atoms with Crippen molar-refractivity contribution >= 4 is 32.7 Å². The topological polar surface area (TPSA) is 81.2 Å². The molecule has 2 aromatic rings. The first-order valence-electron chi connectivity index (χ1n) is 7.52. The standard InChI is InChI=1S/C15H17BrN4O2/c16-9-1-2-10-12(14(9)21)13(19-18-10)15(22)17-11-7-20-5-3-8(11)4-6-20/h1-2,8,11,21H,3-7H2,(H,17,22)(H,18,19)/t11-/m0/s1. The molecule has 0 radical (unpaired) electrons. The Labute approximate surface area is 136 Å². The third-order valence-electron chi connectivity index (χ3n) is 4.84. The second-order valence-electron chi connectivity index (χ2n) is 6.11. The van der Waals surface area contributed by atoms with Crippen LogP contribution in [0.3, 0.4) is 0 Å². The van der Waals surface area contributed by atoms with Gasteiger partial charge < -0.3 is 15.3 Å². The molecule has 1 atom stereocenters. The third-order valence-corrected chi connectivity index (χ3v) is 5.48. The van der Waals surface area contributed by atoms with Crippen molar-refractivity contribution in [2.45, 2.75) is 18.9 Å². The van der Waals surface area contributed by atoms with Crippen LogP contribution in [-0.2, 0) is 0 Å². The molecule has 3 fully saturated rings. The number of nitrogens with one attached hydrogen (secondary N) is 2. The zero-order chi connectivity index (χ0) is 15.3. The number of piperidine rings is 3. The molecule has 0 saturated carbocycles. The summed E-state index contributed by atoms with van der Waals surface area (Å²) in [4.78, 5) is 15.0. The van der Waals surface area contributed by atoms with Crippen LogP contribution in [0.4, 0.5) is 0 Å². The number of hydrogen-bond acceptors (Lipinski definition) is 4. The van der Waals surface area contributed by atoms with Crippen molar-refractivity contribution in [2.75, 3.05) is 19.6 Å². The molecule has 3 aliphatic heterocycles. The van der Waals surface area contributed by atoms with Crippen LogP contribution in [0.15, 0.2) is 16.6 Å². The highest BCUT2D eigenvalue weighted by atomic mass is 79.9. The number of aromatic amines is 1. The molecule has 1 aromatic carbocycles. The lowest BCUT2D eigenvalue weighted by molar-refractivity contribution is 0.0618. The van der Waals surface area contributed by atoms with Crippen LogP contribution in [0.25, 0.3) is 10.9 Å². The summed E-state index contributed by atoms with van der Waals surface area (Å²) in [5.41, 5.74) is 0.907. The number of aromatic nitrogens is 2. The summed E-state index contributed by atoms with van der Waals surface area (Å²) in [5.74, 6) is 0.378. The maximum absolute atomic E-state index is 12.6. The second-order valence-corrected chi connectivity index (χ2v) is 6.96. The molecule has 2 bridgehead atoms. The molecule has 7 heteroatoms. The van der Waals surface area contributed by atoms with Gasteiger partial charge >= 0.3 is 0 Å². The molecule has 4 heterocycles. The number of nitrogens with zero attached hydrogens (tertiary/aromatic N) is 2. The van der Waals surface area contributed by atoms with E-state index in [2.05, 4.69) is 36.3 Å². The van der Waals surface area contributed by atoms with E-state index in [-0.39, 0.29) is 23.4 Å². The van der Waals surface area contributed by atoms with E-state index in [1.807, 2.05) is 0 Å². The van der Waals surface area contributed by atoms with Crippen molar-refractivity contribution in [2.24, 2.45) is 5.92 Å². The fourth-order valence-electron chi connectivity index (χ4n) is 3.60. The Kier molecular flexibility index (Phi) is 3.34. The number of H-pyrrole nitrogens is 1. The van der Waals surface area contributed by atoms with Crippen molar-refractivity contribution in [1.29, 1.82) is 0 Å². The van der Waals surface area contributed by atoms with Gasteiger partial charge in [-0.3, -0.25) is 9.89 Å². The SMILES string of the molecule is O=C(N[C@H]1CN2CCC1CC2)c1n[nH]c2ccc(Br)c(O)c12. The highest BCUT2D eigenvalue weighted by molar-refractivity contribution is 9.10. The number of fused-ring (bicyclic) bond motifs is 4. The molecule has 22 heavy (non-hydrogen) atoms. The Morgan fingerprint density at radius 1 is 1.41 bits per heavy atom. The highest BCUT2D eigenvalue weighted by Gasteiger charge is 2.35. The first-order chi connectivity index (χ1) is 10.6. The smallest absolute Gasteiger partial charge is 0.272 e. The molecule has 6 nitrogen and oxygen atoms in total. The van der Waals surface area contributed by atoms with Crippen LogP contribution < -0.4 is 5.32 Å². The van der Waals surface area contributed by atoms with Gasteiger partial charge in [-0.1, -0.05) is 0 Å². The van der Waals surface area contributed by atoms with Gasteiger partial charge in [0, 0.05) is 12.6 Å². The van der Waals surface area contributed by atoms with E-state index in [9.17, 15) is 9.90 Å². The Hall–Kier alpha value is -1.60. The largest absolute Gasteiger partial charge is 0.506 e. The lowest BCUT2D eigenvalue weighted by Gasteiger charge is -2.44. The summed E-state index contributed by atoms with van der Waals surface area (Å²) in [6.45, 7) is 3.18. The van der Waals surface area contributed by atoms with Gasteiger partial charge in [-0.25, -0.2) is 0 Å². The zero-order valence-corrected chi connectivity index (χ0v) is 13.6. The van der Waals surface area contributed by atoms with Crippen molar-refractivity contribution in [3.63, 3.8) is 0 Å². The second kappa shape index (κ2) is 5.24. The van der Waals surface area contributed by atoms with Crippen LogP contribution >= 0.6 is 15.9 Å². The molecule has 1 aromatic heterocycles. The van der Waals surface area contributed by atoms with Gasteiger partial charge in [0.15, 0.2) is 5.69 Å². The van der Waals surface area contributed by atoms with Crippen LogP contribution in [-0.4, -0.2) is 51.8 Å². The lowest BCUT2D eigenvalue weighted by atomic mass is 9.84. The van der Waals surface area contributed by atoms with Gasteiger partial charge in [0.1, 0.15) is 5.75 Å². The molecule has 0 unspecified atom stereocenters. The minimum atomic E-state index is -0.224. The van der Waals surface area contributed by atoms with Gasteiger partial charge in [-0.15, -0.1) is 0 Å². The molecule has 5 rings (SSSR count). The molecule has 3 saturated heterocycles. The Morgan fingerprint density at radius 2 is 2.18 bits per heavy atom. The Bertz CT molecular complexity index is 736. The zero-order valence-electron chi connectivity index (χ0n) is 12.0. The summed E-state index contributed by atoms with van der Waals surface area (Å²) in [6.07, 6.45) is 2.28. The third kappa shape index (κ3) is 2.19. The van der Waals surface area contributed by atoms with E-state index in [1.54, 1.807) is 12.1 Å². The van der Waals surface area contributed by atoms with Gasteiger partial charge in [0.25, 0.3) is 5.91 Å². The molecular formula is C15H17BrN4O2. The first-order valence-corrected chi connectivity index (χ1v) is 8.31. The number of phenolic OH excluding ortho intramolecular Hbond substituents is 1. The number of phenols is 1. The van der Waals surface area contributed by atoms with Crippen molar-refractivity contribution < 1.29 is 9.90 Å². The maximum atomic E-state index is 12.6. The number of aromatic hydroxyl groups is 1. The monoisotopic (exact) mass is 364 g/mol. The molecule has 116 valence electrons. The number of benzene rings is 1. The number of carbonyl (C=O) groups excluding carboxylic acids is 1. The molecule has 3 N–H and O–H groups in total. The van der Waals surface area contributed by atoms with Gasteiger partial charge in [0.2, 0.25) is 0 Å². The fraction of sp³-hybridized carbons (Fsp3) is 0.467. The van der Waals surface area contributed by atoms with Crippen molar-refractivity contribution in [3.05, 3.63) is 22.3 Å². The minimum absolute atomic E-state index is 0.0466. The number of hydrogen-bond donors (Lipinski definition) is 3. The fourth-order valence-corrected chi connectivity index (χ4v) is 3.93. The first kappa shape index (κ1) is 14.0. The van der Waals surface area contributed by atoms with Crippen LogP contribution in [0.1, 0.15) is 23.3 Å². The number of amides is 1. The average molecular weight is 365 g/mol. The van der Waals surface area contributed by atoms with Gasteiger partial charge in [0.05, 0.1) is 15.4 Å². The molecular weight excluding hydrogens is 348 g/mol. The van der Waals surface area contributed by atoms with E-state index in [0.29, 0.717) is 21.3 Å². The number of halogens is 1. The van der Waals surface area contributed by atoms with E-state index in [1.165, 1.54) is 0 Å². The molecule has 1 amide bonds. The summed E-state index contributed by atoms with van der Waals surface area (Å²) in [7, 11) is 0. The van der Waals surface area contributed by atoms with Gasteiger partial charge in [-0.05, 0) is 59.9 Å². The Balaban J connectivity index is 1.62. The molecule has 0 aliphatic carbocycles. The highest BCUT2D eigenvalue weighted by Crippen LogP contribution is 2.34. The predicted molar refractivity (Wildman–Crippen MR) is 85.9 cm³/mol. The Morgan fingerprint density at radius 3 is 2.86 bits per heavy atom. The van der Waals surface area contributed by atoms with Crippen LogP contribution in [0.5, 0.6) is 5.75 Å². The average Bonchev–Trinajstić information content (AvgIpc) is 2.97. The normalized spacial score (nSPS) is 27.2. The van der Waals surface area contributed by atoms with E-state index in [0.717, 1.165) is 32.5 Å². The quantitative estimate of drug-likeness (QED) is 0.759. The van der Waals surface area contributed by atoms with E-state index >= 15 is 0 Å². The summed E-state index contributed by atoms with van der Waals surface area (Å²) < 4.78 is 0.554. The van der Waals surface area contributed by atoms with E-state index < -0.39 is 0 Å². The minimum Gasteiger partial charge on any atom is -0.506 e. The van der Waals surface area contributed by atoms with Crippen molar-refractivity contribution in [1.82, 2.24) is 20.4 Å². The number of carbonyl (C=O) groups is 1. The summed E-state index contributed by atoms with van der Waals surface area (Å²) in [6, 6.07) is 3.69. The van der Waals surface area contributed by atoms with Crippen LogP contribution in [0, 0.1) is 5.92 Å². The molecule has 0 spiro atoms. The maximum Gasteiger partial charge on any atom is 0.272 e.